The minimum Gasteiger partial charge on any atom is -0.439 e. The van der Waals surface area contributed by atoms with Crippen molar-refractivity contribution in [3.05, 3.63) is 53.2 Å². The molecule has 0 amide bonds. The van der Waals surface area contributed by atoms with Crippen LogP contribution in [0, 0.1) is 0 Å². The van der Waals surface area contributed by atoms with Crippen molar-refractivity contribution < 1.29 is 9.94 Å². The van der Waals surface area contributed by atoms with Crippen molar-refractivity contribution in [3.8, 4) is 11.6 Å². The molecule has 0 bridgehead atoms. The van der Waals surface area contributed by atoms with E-state index in [9.17, 15) is 0 Å². The van der Waals surface area contributed by atoms with Gasteiger partial charge in [-0.05, 0) is 18.2 Å². The molecule has 6 heteroatoms. The summed E-state index contributed by atoms with van der Waals surface area (Å²) in [4.78, 5) is 4.00. The van der Waals surface area contributed by atoms with E-state index in [2.05, 4.69) is 10.1 Å². The molecule has 18 heavy (non-hydrogen) atoms. The van der Waals surface area contributed by atoms with E-state index < -0.39 is 0 Å². The first kappa shape index (κ1) is 12.2. The number of oxime groups is 1. The van der Waals surface area contributed by atoms with E-state index in [-0.39, 0.29) is 5.84 Å². The summed E-state index contributed by atoms with van der Waals surface area (Å²) in [6.07, 6.45) is 1.49. The van der Waals surface area contributed by atoms with Gasteiger partial charge in [-0.15, -0.1) is 0 Å². The molecule has 3 N–H and O–H groups in total. The van der Waals surface area contributed by atoms with Crippen LogP contribution in [0.15, 0.2) is 47.8 Å². The van der Waals surface area contributed by atoms with Crippen LogP contribution in [0.4, 0.5) is 0 Å². The van der Waals surface area contributed by atoms with Gasteiger partial charge < -0.3 is 15.7 Å². The van der Waals surface area contributed by atoms with Crippen molar-refractivity contribution >= 4 is 17.4 Å². The Morgan fingerprint density at radius 2 is 2.17 bits per heavy atom. The SMILES string of the molecule is N/C(=N\O)c1cccc(Oc2ccc(Cl)cn2)c1. The number of hydrogen-bond acceptors (Lipinski definition) is 4. The van der Waals surface area contributed by atoms with Crippen LogP contribution < -0.4 is 10.5 Å². The summed E-state index contributed by atoms with van der Waals surface area (Å²) >= 11 is 5.72. The predicted molar refractivity (Wildman–Crippen MR) is 68.3 cm³/mol. The molecule has 0 radical (unpaired) electrons. The lowest BCUT2D eigenvalue weighted by molar-refractivity contribution is 0.318. The fraction of sp³-hybridized carbons (Fsp3) is 0. The van der Waals surface area contributed by atoms with Gasteiger partial charge in [0.1, 0.15) is 5.75 Å². The van der Waals surface area contributed by atoms with E-state index in [0.29, 0.717) is 22.2 Å². The van der Waals surface area contributed by atoms with Crippen LogP contribution in [0.2, 0.25) is 5.02 Å². The Morgan fingerprint density at radius 1 is 1.33 bits per heavy atom. The molecule has 0 unspecified atom stereocenters. The van der Waals surface area contributed by atoms with Crippen LogP contribution in [0.5, 0.6) is 11.6 Å². The van der Waals surface area contributed by atoms with Gasteiger partial charge in [0.15, 0.2) is 5.84 Å². The van der Waals surface area contributed by atoms with Crippen molar-refractivity contribution in [3.63, 3.8) is 0 Å². The standard InChI is InChI=1S/C12H10ClN3O2/c13-9-4-5-11(15-7-9)18-10-3-1-2-8(6-10)12(14)16-17/h1-7,17H,(H2,14,16). The number of halogens is 1. The Bertz CT molecular complexity index is 570. The highest BCUT2D eigenvalue weighted by Crippen LogP contribution is 2.21. The average Bonchev–Trinajstić information content (AvgIpc) is 2.41. The minimum absolute atomic E-state index is 0.0181. The number of nitrogens with zero attached hydrogens (tertiary/aromatic N) is 2. The molecule has 0 aliphatic heterocycles. The fourth-order valence-corrected chi connectivity index (χ4v) is 1.43. The van der Waals surface area contributed by atoms with Crippen LogP contribution in [0.25, 0.3) is 0 Å². The largest absolute Gasteiger partial charge is 0.439 e. The molecular weight excluding hydrogens is 254 g/mol. The number of ether oxygens (including phenoxy) is 1. The first-order valence-electron chi connectivity index (χ1n) is 5.06. The Morgan fingerprint density at radius 3 is 2.83 bits per heavy atom. The Labute approximate surface area is 108 Å². The molecule has 1 aromatic carbocycles. The highest BCUT2D eigenvalue weighted by molar-refractivity contribution is 6.30. The monoisotopic (exact) mass is 263 g/mol. The quantitative estimate of drug-likeness (QED) is 0.386. The molecule has 0 atom stereocenters. The van der Waals surface area contributed by atoms with Crippen LogP contribution in [-0.4, -0.2) is 16.0 Å². The molecule has 0 saturated carbocycles. The molecule has 0 aliphatic rings. The zero-order valence-corrected chi connectivity index (χ0v) is 10.0. The number of pyridine rings is 1. The molecule has 0 spiro atoms. The first-order chi connectivity index (χ1) is 8.69. The van der Waals surface area contributed by atoms with Crippen LogP contribution in [0.3, 0.4) is 0 Å². The molecule has 0 aliphatic carbocycles. The number of amidine groups is 1. The summed E-state index contributed by atoms with van der Waals surface area (Å²) in [5.41, 5.74) is 6.05. The van der Waals surface area contributed by atoms with Gasteiger partial charge in [-0.25, -0.2) is 4.98 Å². The van der Waals surface area contributed by atoms with Gasteiger partial charge in [0.2, 0.25) is 5.88 Å². The number of aromatic nitrogens is 1. The molecule has 92 valence electrons. The number of rotatable bonds is 3. The smallest absolute Gasteiger partial charge is 0.219 e. The highest BCUT2D eigenvalue weighted by Gasteiger charge is 2.03. The summed E-state index contributed by atoms with van der Waals surface area (Å²) < 4.78 is 5.51. The average molecular weight is 264 g/mol. The Hall–Kier alpha value is -2.27. The van der Waals surface area contributed by atoms with Crippen LogP contribution in [0.1, 0.15) is 5.56 Å². The van der Waals surface area contributed by atoms with E-state index in [0.717, 1.165) is 0 Å². The van der Waals surface area contributed by atoms with Gasteiger partial charge in [-0.2, -0.15) is 0 Å². The number of hydrogen-bond donors (Lipinski definition) is 2. The molecule has 2 rings (SSSR count). The fourth-order valence-electron chi connectivity index (χ4n) is 1.32. The lowest BCUT2D eigenvalue weighted by Gasteiger charge is -2.06. The molecule has 0 fully saturated rings. The minimum atomic E-state index is 0.0181. The van der Waals surface area contributed by atoms with Gasteiger partial charge in [0, 0.05) is 17.8 Å². The molecule has 1 aromatic heterocycles. The van der Waals surface area contributed by atoms with Crippen LogP contribution >= 0.6 is 11.6 Å². The van der Waals surface area contributed by atoms with E-state index in [1.807, 2.05) is 0 Å². The van der Waals surface area contributed by atoms with E-state index in [1.165, 1.54) is 6.20 Å². The zero-order chi connectivity index (χ0) is 13.0. The summed E-state index contributed by atoms with van der Waals surface area (Å²) in [5.74, 6) is 0.967. The third-order valence-corrected chi connectivity index (χ3v) is 2.38. The van der Waals surface area contributed by atoms with E-state index in [1.54, 1.807) is 36.4 Å². The molecule has 0 saturated heterocycles. The second-order valence-corrected chi connectivity index (χ2v) is 3.87. The maximum Gasteiger partial charge on any atom is 0.219 e. The second kappa shape index (κ2) is 5.37. The van der Waals surface area contributed by atoms with Crippen molar-refractivity contribution in [2.24, 2.45) is 10.9 Å². The van der Waals surface area contributed by atoms with Gasteiger partial charge in [0.05, 0.1) is 5.02 Å². The Kier molecular flexibility index (Phi) is 3.64. The number of benzene rings is 1. The van der Waals surface area contributed by atoms with Crippen molar-refractivity contribution in [1.29, 1.82) is 0 Å². The normalized spacial score (nSPS) is 11.3. The lowest BCUT2D eigenvalue weighted by Crippen LogP contribution is -2.12. The maximum atomic E-state index is 8.59. The predicted octanol–water partition coefficient (Wildman–Crippen LogP) is 2.62. The summed E-state index contributed by atoms with van der Waals surface area (Å²) in [5, 5.41) is 12.1. The zero-order valence-electron chi connectivity index (χ0n) is 9.25. The van der Waals surface area contributed by atoms with Crippen molar-refractivity contribution in [2.75, 3.05) is 0 Å². The molecule has 2 aromatic rings. The van der Waals surface area contributed by atoms with Crippen molar-refractivity contribution in [2.45, 2.75) is 0 Å². The van der Waals surface area contributed by atoms with E-state index >= 15 is 0 Å². The Balaban J connectivity index is 2.22. The van der Waals surface area contributed by atoms with Gasteiger partial charge in [0.25, 0.3) is 0 Å². The lowest BCUT2D eigenvalue weighted by atomic mass is 10.2. The third-order valence-electron chi connectivity index (χ3n) is 2.16. The summed E-state index contributed by atoms with van der Waals surface area (Å²) in [7, 11) is 0. The van der Waals surface area contributed by atoms with Gasteiger partial charge in [-0.1, -0.05) is 28.9 Å². The summed E-state index contributed by atoms with van der Waals surface area (Å²) in [6.45, 7) is 0. The summed E-state index contributed by atoms with van der Waals surface area (Å²) in [6, 6.07) is 10.2. The number of nitrogens with two attached hydrogens (primary N) is 1. The van der Waals surface area contributed by atoms with E-state index in [4.69, 9.17) is 27.3 Å². The van der Waals surface area contributed by atoms with Gasteiger partial charge in [-0.3, -0.25) is 0 Å². The molecular formula is C12H10ClN3O2. The second-order valence-electron chi connectivity index (χ2n) is 3.43. The van der Waals surface area contributed by atoms with Gasteiger partial charge >= 0.3 is 0 Å². The highest BCUT2D eigenvalue weighted by atomic mass is 35.5. The van der Waals surface area contributed by atoms with Crippen molar-refractivity contribution in [1.82, 2.24) is 4.98 Å². The third kappa shape index (κ3) is 2.89. The maximum absolute atomic E-state index is 8.59. The van der Waals surface area contributed by atoms with Crippen LogP contribution in [-0.2, 0) is 0 Å². The molecule has 1 heterocycles. The first-order valence-corrected chi connectivity index (χ1v) is 5.44. The topological polar surface area (TPSA) is 80.7 Å². The molecule has 5 nitrogen and oxygen atoms in total.